The quantitative estimate of drug-likeness (QED) is 0.876. The van der Waals surface area contributed by atoms with E-state index in [-0.39, 0.29) is 5.56 Å². The number of hydrogen-bond acceptors (Lipinski definition) is 3. The molecule has 94 valence electrons. The molecule has 0 bridgehead atoms. The fraction of sp³-hybridized carbons (Fsp3) is 0.231. The summed E-state index contributed by atoms with van der Waals surface area (Å²) in [6, 6.07) is 6.87. The second-order valence-corrected chi connectivity index (χ2v) is 3.92. The number of ether oxygens (including phenoxy) is 1. The molecule has 1 aromatic heterocycles. The topological polar surface area (TPSA) is 64.3 Å². The van der Waals surface area contributed by atoms with E-state index < -0.39 is 5.97 Å². The molecule has 0 aliphatic heterocycles. The number of benzene rings is 1. The molecule has 0 spiro atoms. The number of aromatic nitrogens is 2. The van der Waals surface area contributed by atoms with Gasteiger partial charge in [-0.2, -0.15) is 5.10 Å². The van der Waals surface area contributed by atoms with E-state index in [0.29, 0.717) is 18.9 Å². The van der Waals surface area contributed by atoms with Gasteiger partial charge in [0.15, 0.2) is 0 Å². The van der Waals surface area contributed by atoms with Crippen LogP contribution in [0.25, 0.3) is 0 Å². The fourth-order valence-corrected chi connectivity index (χ4v) is 1.61. The largest absolute Gasteiger partial charge is 0.491 e. The van der Waals surface area contributed by atoms with E-state index in [2.05, 4.69) is 5.10 Å². The third-order valence-corrected chi connectivity index (χ3v) is 2.50. The van der Waals surface area contributed by atoms with Crippen molar-refractivity contribution in [2.45, 2.75) is 13.5 Å². The predicted molar refractivity (Wildman–Crippen MR) is 65.9 cm³/mol. The molecule has 0 aliphatic rings. The summed E-state index contributed by atoms with van der Waals surface area (Å²) in [5, 5.41) is 13.1. The Hall–Kier alpha value is -2.30. The summed E-state index contributed by atoms with van der Waals surface area (Å²) in [5.41, 5.74) is 1.15. The molecule has 0 saturated carbocycles. The summed E-state index contributed by atoms with van der Waals surface area (Å²) in [4.78, 5) is 11.0. The van der Waals surface area contributed by atoms with Crippen molar-refractivity contribution < 1.29 is 14.6 Å². The average Bonchev–Trinajstić information content (AvgIpc) is 2.82. The number of rotatable bonds is 5. The highest BCUT2D eigenvalue weighted by atomic mass is 16.5. The van der Waals surface area contributed by atoms with Crippen LogP contribution in [0.1, 0.15) is 15.9 Å². The van der Waals surface area contributed by atoms with Gasteiger partial charge < -0.3 is 9.84 Å². The molecule has 0 fully saturated rings. The van der Waals surface area contributed by atoms with Crippen molar-refractivity contribution in [3.63, 3.8) is 0 Å². The molecule has 2 rings (SSSR count). The molecule has 0 aliphatic carbocycles. The Morgan fingerprint density at radius 1 is 1.50 bits per heavy atom. The minimum Gasteiger partial charge on any atom is -0.491 e. The number of nitrogens with zero attached hydrogens (tertiary/aromatic N) is 2. The van der Waals surface area contributed by atoms with E-state index in [4.69, 9.17) is 9.84 Å². The van der Waals surface area contributed by atoms with Gasteiger partial charge in [-0.25, -0.2) is 4.79 Å². The summed E-state index contributed by atoms with van der Waals surface area (Å²) in [6.45, 7) is 2.86. The number of aryl methyl sites for hydroxylation is 1. The Morgan fingerprint density at radius 2 is 2.33 bits per heavy atom. The highest BCUT2D eigenvalue weighted by molar-refractivity contribution is 5.90. The van der Waals surface area contributed by atoms with Crippen molar-refractivity contribution in [2.75, 3.05) is 6.61 Å². The van der Waals surface area contributed by atoms with Crippen LogP contribution in [0.3, 0.4) is 0 Å². The molecule has 0 saturated heterocycles. The molecule has 0 amide bonds. The molecular formula is C13H14N2O3. The van der Waals surface area contributed by atoms with Gasteiger partial charge in [-0.3, -0.25) is 4.68 Å². The highest BCUT2D eigenvalue weighted by Crippen LogP contribution is 2.20. The van der Waals surface area contributed by atoms with E-state index in [1.807, 2.05) is 19.2 Å². The molecule has 5 nitrogen and oxygen atoms in total. The predicted octanol–water partition coefficient (Wildman–Crippen LogP) is 1.97. The highest BCUT2D eigenvalue weighted by Gasteiger charge is 2.11. The maximum absolute atomic E-state index is 11.0. The molecular weight excluding hydrogens is 232 g/mol. The first-order valence-corrected chi connectivity index (χ1v) is 5.61. The molecule has 0 unspecified atom stereocenters. The van der Waals surface area contributed by atoms with Crippen LogP contribution < -0.4 is 4.74 Å². The van der Waals surface area contributed by atoms with Crippen molar-refractivity contribution in [3.8, 4) is 5.75 Å². The van der Waals surface area contributed by atoms with Gasteiger partial charge in [0, 0.05) is 12.4 Å². The van der Waals surface area contributed by atoms with Crippen LogP contribution in [0.2, 0.25) is 0 Å². The van der Waals surface area contributed by atoms with Gasteiger partial charge in [0.25, 0.3) is 0 Å². The zero-order valence-electron chi connectivity index (χ0n) is 10.0. The summed E-state index contributed by atoms with van der Waals surface area (Å²) in [5.74, 6) is -0.584. The van der Waals surface area contributed by atoms with Gasteiger partial charge in [-0.1, -0.05) is 6.07 Å². The smallest absolute Gasteiger partial charge is 0.339 e. The maximum atomic E-state index is 11.0. The lowest BCUT2D eigenvalue weighted by Gasteiger charge is -2.10. The Bertz CT molecular complexity index is 535. The van der Waals surface area contributed by atoms with E-state index in [9.17, 15) is 4.79 Å². The first-order valence-electron chi connectivity index (χ1n) is 5.61. The molecule has 0 radical (unpaired) electrons. The van der Waals surface area contributed by atoms with Crippen molar-refractivity contribution in [1.29, 1.82) is 0 Å². The van der Waals surface area contributed by atoms with E-state index in [0.717, 1.165) is 5.56 Å². The van der Waals surface area contributed by atoms with Gasteiger partial charge in [0.05, 0.1) is 6.54 Å². The number of carboxylic acids is 1. The van der Waals surface area contributed by atoms with Crippen molar-refractivity contribution in [1.82, 2.24) is 9.78 Å². The molecule has 2 aromatic rings. The normalized spacial score (nSPS) is 10.3. The van der Waals surface area contributed by atoms with Gasteiger partial charge in [0.1, 0.15) is 17.9 Å². The first-order chi connectivity index (χ1) is 8.66. The average molecular weight is 246 g/mol. The molecule has 1 aromatic carbocycles. The number of carboxylic acid groups (broad SMARTS) is 1. The molecule has 18 heavy (non-hydrogen) atoms. The Kier molecular flexibility index (Phi) is 3.62. The van der Waals surface area contributed by atoms with Gasteiger partial charge in [-0.15, -0.1) is 0 Å². The van der Waals surface area contributed by atoms with Crippen LogP contribution in [-0.4, -0.2) is 27.5 Å². The van der Waals surface area contributed by atoms with Crippen molar-refractivity contribution in [3.05, 3.63) is 47.8 Å². The van der Waals surface area contributed by atoms with Gasteiger partial charge >= 0.3 is 5.97 Å². The number of carbonyl (C=O) groups is 1. The summed E-state index contributed by atoms with van der Waals surface area (Å²) >= 11 is 0. The SMILES string of the molecule is Cc1ccc(C(=O)O)c(OCCn2cccn2)c1. The van der Waals surface area contributed by atoms with Gasteiger partial charge in [0.2, 0.25) is 0 Å². The summed E-state index contributed by atoms with van der Waals surface area (Å²) < 4.78 is 7.24. The third-order valence-electron chi connectivity index (χ3n) is 2.50. The Morgan fingerprint density at radius 3 is 3.00 bits per heavy atom. The van der Waals surface area contributed by atoms with Crippen LogP contribution in [0.4, 0.5) is 0 Å². The summed E-state index contributed by atoms with van der Waals surface area (Å²) in [6.07, 6.45) is 3.52. The van der Waals surface area contributed by atoms with E-state index in [1.54, 1.807) is 29.1 Å². The van der Waals surface area contributed by atoms with Gasteiger partial charge in [-0.05, 0) is 30.7 Å². The van der Waals surface area contributed by atoms with Crippen molar-refractivity contribution >= 4 is 5.97 Å². The minimum atomic E-state index is -0.982. The lowest BCUT2D eigenvalue weighted by atomic mass is 10.1. The zero-order chi connectivity index (χ0) is 13.0. The first kappa shape index (κ1) is 12.2. The van der Waals surface area contributed by atoms with Crippen LogP contribution in [0.5, 0.6) is 5.75 Å². The standard InChI is InChI=1S/C13H14N2O3/c1-10-3-4-11(13(16)17)12(9-10)18-8-7-15-6-2-5-14-15/h2-6,9H,7-8H2,1H3,(H,16,17). The van der Waals surface area contributed by atoms with E-state index >= 15 is 0 Å². The third kappa shape index (κ3) is 2.88. The Balaban J connectivity index is 2.03. The lowest BCUT2D eigenvalue weighted by molar-refractivity contribution is 0.0692. The second kappa shape index (κ2) is 5.35. The van der Waals surface area contributed by atoms with Crippen LogP contribution in [-0.2, 0) is 6.54 Å². The molecule has 1 N–H and O–H groups in total. The molecule has 5 heteroatoms. The Labute approximate surface area is 105 Å². The zero-order valence-corrected chi connectivity index (χ0v) is 10.0. The summed E-state index contributed by atoms with van der Waals surface area (Å²) in [7, 11) is 0. The van der Waals surface area contributed by atoms with Crippen molar-refractivity contribution in [2.24, 2.45) is 0 Å². The molecule has 1 heterocycles. The monoisotopic (exact) mass is 246 g/mol. The second-order valence-electron chi connectivity index (χ2n) is 3.92. The minimum absolute atomic E-state index is 0.182. The van der Waals surface area contributed by atoms with E-state index in [1.165, 1.54) is 0 Å². The van der Waals surface area contributed by atoms with Crippen LogP contribution in [0, 0.1) is 6.92 Å². The fourth-order valence-electron chi connectivity index (χ4n) is 1.61. The maximum Gasteiger partial charge on any atom is 0.339 e. The number of hydrogen-bond donors (Lipinski definition) is 1. The van der Waals surface area contributed by atoms with Crippen LogP contribution >= 0.6 is 0 Å². The van der Waals surface area contributed by atoms with Crippen LogP contribution in [0.15, 0.2) is 36.7 Å². The lowest BCUT2D eigenvalue weighted by Crippen LogP contribution is -2.10. The molecule has 0 atom stereocenters. The number of aromatic carboxylic acids is 1.